The van der Waals surface area contributed by atoms with Crippen LogP contribution in [-0.2, 0) is 11.4 Å². The van der Waals surface area contributed by atoms with Crippen molar-refractivity contribution in [2.45, 2.75) is 32.9 Å². The summed E-state index contributed by atoms with van der Waals surface area (Å²) >= 11 is 0. The predicted octanol–water partition coefficient (Wildman–Crippen LogP) is 2.91. The van der Waals surface area contributed by atoms with Gasteiger partial charge in [0.1, 0.15) is 12.4 Å². The number of hydrogen-bond acceptors (Lipinski definition) is 6. The summed E-state index contributed by atoms with van der Waals surface area (Å²) in [7, 11) is 3.13. The van der Waals surface area contributed by atoms with Gasteiger partial charge in [-0.05, 0) is 47.7 Å². The zero-order valence-corrected chi connectivity index (χ0v) is 20.5. The lowest BCUT2D eigenvalue weighted by Crippen LogP contribution is -2.61. The first-order valence-corrected chi connectivity index (χ1v) is 11.7. The fraction of sp³-hybridized carbons (Fsp3) is 0.346. The summed E-state index contributed by atoms with van der Waals surface area (Å²) in [6, 6.07) is 16.6. The number of hydrazone groups is 1. The van der Waals surface area contributed by atoms with Crippen LogP contribution in [0.3, 0.4) is 0 Å². The van der Waals surface area contributed by atoms with Gasteiger partial charge < -0.3 is 4.74 Å². The molecule has 0 aromatic heterocycles. The molecule has 35 heavy (non-hydrogen) atoms. The monoisotopic (exact) mass is 475 g/mol. The molecule has 0 aliphatic carbocycles. The van der Waals surface area contributed by atoms with Gasteiger partial charge >= 0.3 is 12.0 Å². The lowest BCUT2D eigenvalue weighted by Gasteiger charge is -2.31. The van der Waals surface area contributed by atoms with E-state index in [2.05, 4.69) is 29.4 Å². The Bertz CT molecular complexity index is 1170. The lowest BCUT2D eigenvalue weighted by molar-refractivity contribution is -0.538. The number of hydrogen-bond donors (Lipinski definition) is 1. The van der Waals surface area contributed by atoms with Gasteiger partial charge in [-0.2, -0.15) is 5.43 Å². The molecule has 1 atom stereocenters. The maximum atomic E-state index is 12.9. The van der Waals surface area contributed by atoms with Crippen LogP contribution in [0.4, 0.5) is 4.79 Å². The SMILES string of the molecule is CC(C)CC[N+]1=C(N/N=C/c2ccc(OCc3ccccc3)cc2)N=C2C1C(=O)N(C)C(=O)N2C. The van der Waals surface area contributed by atoms with Crippen LogP contribution in [0.1, 0.15) is 31.4 Å². The van der Waals surface area contributed by atoms with E-state index in [4.69, 9.17) is 4.74 Å². The van der Waals surface area contributed by atoms with Crippen molar-refractivity contribution in [3.05, 3.63) is 65.7 Å². The highest BCUT2D eigenvalue weighted by Gasteiger charge is 2.51. The van der Waals surface area contributed by atoms with Gasteiger partial charge in [0.2, 0.25) is 11.9 Å². The first kappa shape index (κ1) is 24.1. The summed E-state index contributed by atoms with van der Waals surface area (Å²) in [5, 5.41) is 4.34. The molecule has 9 nitrogen and oxygen atoms in total. The average Bonchev–Trinajstić information content (AvgIpc) is 3.23. The summed E-state index contributed by atoms with van der Waals surface area (Å²) in [6.45, 7) is 5.37. The minimum Gasteiger partial charge on any atom is -0.489 e. The molecule has 1 fully saturated rings. The highest BCUT2D eigenvalue weighted by Crippen LogP contribution is 2.19. The number of guanidine groups is 1. The van der Waals surface area contributed by atoms with Gasteiger partial charge in [0.05, 0.1) is 12.8 Å². The van der Waals surface area contributed by atoms with Crippen LogP contribution in [-0.4, -0.2) is 71.0 Å². The van der Waals surface area contributed by atoms with E-state index in [9.17, 15) is 9.59 Å². The van der Waals surface area contributed by atoms with E-state index < -0.39 is 12.1 Å². The number of amides is 3. The van der Waals surface area contributed by atoms with Crippen LogP contribution in [0.2, 0.25) is 0 Å². The summed E-state index contributed by atoms with van der Waals surface area (Å²) in [5.41, 5.74) is 4.97. The number of nitrogens with zero attached hydrogens (tertiary/aromatic N) is 5. The van der Waals surface area contributed by atoms with E-state index in [1.807, 2.05) is 59.2 Å². The molecular formula is C26H31N6O3+. The molecular weight excluding hydrogens is 444 g/mol. The highest BCUT2D eigenvalue weighted by molar-refractivity contribution is 6.22. The second kappa shape index (κ2) is 10.5. The molecule has 0 saturated carbocycles. The number of carbonyl (C=O) groups excluding carboxylic acids is 2. The Morgan fingerprint density at radius 2 is 1.80 bits per heavy atom. The third-order valence-corrected chi connectivity index (χ3v) is 5.98. The van der Waals surface area contributed by atoms with Crippen molar-refractivity contribution in [3.63, 3.8) is 0 Å². The number of fused-ring (bicyclic) bond motifs is 1. The highest BCUT2D eigenvalue weighted by atomic mass is 16.5. The molecule has 2 aliphatic rings. The number of amidine groups is 1. The molecule has 1 N–H and O–H groups in total. The Morgan fingerprint density at radius 1 is 1.09 bits per heavy atom. The Hall–Kier alpha value is -4.01. The van der Waals surface area contributed by atoms with Gasteiger partial charge in [0, 0.05) is 14.1 Å². The third-order valence-electron chi connectivity index (χ3n) is 5.98. The number of nitrogens with one attached hydrogen (secondary N) is 1. The van der Waals surface area contributed by atoms with Crippen LogP contribution in [0.15, 0.2) is 64.7 Å². The van der Waals surface area contributed by atoms with Gasteiger partial charge in [0.15, 0.2) is 0 Å². The number of ether oxygens (including phenoxy) is 1. The van der Waals surface area contributed by atoms with E-state index in [1.54, 1.807) is 13.3 Å². The Kier molecular flexibility index (Phi) is 7.24. The quantitative estimate of drug-likeness (QED) is 0.361. The summed E-state index contributed by atoms with van der Waals surface area (Å²) < 4.78 is 7.71. The normalized spacial score (nSPS) is 18.0. The summed E-state index contributed by atoms with van der Waals surface area (Å²) in [6.07, 6.45) is 2.55. The fourth-order valence-electron chi connectivity index (χ4n) is 3.88. The standard InChI is InChI=1S/C26H30N6O3/c1-18(2)14-15-32-22-23(30(3)26(34)31(4)24(22)33)28-25(32)29-27-16-19-10-12-21(13-11-19)35-17-20-8-6-5-7-9-20/h5-13,16,18,22H,14-15,17H2,1-4H3/p+1/b27-16+. The molecule has 1 unspecified atom stereocenters. The average molecular weight is 476 g/mol. The van der Waals surface area contributed by atoms with Gasteiger partial charge in [-0.25, -0.2) is 9.37 Å². The van der Waals surface area contributed by atoms with Crippen molar-refractivity contribution in [2.24, 2.45) is 16.0 Å². The summed E-state index contributed by atoms with van der Waals surface area (Å²) in [4.78, 5) is 32.4. The molecule has 1 saturated heterocycles. The molecule has 0 spiro atoms. The van der Waals surface area contributed by atoms with Crippen LogP contribution in [0, 0.1) is 5.92 Å². The molecule has 182 valence electrons. The number of benzene rings is 2. The number of imide groups is 1. The van der Waals surface area contributed by atoms with E-state index >= 15 is 0 Å². The smallest absolute Gasteiger partial charge is 0.413 e. The van der Waals surface area contributed by atoms with E-state index in [0.717, 1.165) is 28.2 Å². The zero-order chi connectivity index (χ0) is 24.9. The van der Waals surface area contributed by atoms with Gasteiger partial charge in [0.25, 0.3) is 5.91 Å². The number of rotatable bonds is 8. The molecule has 2 aliphatic heterocycles. The van der Waals surface area contributed by atoms with Crippen molar-refractivity contribution in [1.29, 1.82) is 0 Å². The topological polar surface area (TPSA) is 89.6 Å². The molecule has 2 heterocycles. The molecule has 0 bridgehead atoms. The maximum Gasteiger partial charge on any atom is 0.413 e. The van der Waals surface area contributed by atoms with E-state index in [-0.39, 0.29) is 5.91 Å². The van der Waals surface area contributed by atoms with E-state index in [0.29, 0.717) is 30.9 Å². The number of aliphatic imine (C=N–C) groups is 1. The minimum absolute atomic E-state index is 0.289. The molecule has 4 rings (SSSR count). The maximum absolute atomic E-state index is 12.9. The predicted molar refractivity (Wildman–Crippen MR) is 135 cm³/mol. The fourth-order valence-corrected chi connectivity index (χ4v) is 3.88. The molecule has 2 aromatic rings. The Morgan fingerprint density at radius 3 is 2.49 bits per heavy atom. The first-order chi connectivity index (χ1) is 16.8. The largest absolute Gasteiger partial charge is 0.489 e. The van der Waals surface area contributed by atoms with Crippen molar-refractivity contribution < 1.29 is 18.9 Å². The van der Waals surface area contributed by atoms with Gasteiger partial charge in [-0.3, -0.25) is 14.6 Å². The van der Waals surface area contributed by atoms with Crippen molar-refractivity contribution in [2.75, 3.05) is 20.6 Å². The zero-order valence-electron chi connectivity index (χ0n) is 20.5. The van der Waals surface area contributed by atoms with Crippen molar-refractivity contribution >= 4 is 29.9 Å². The molecule has 0 radical (unpaired) electrons. The molecule has 2 aromatic carbocycles. The van der Waals surface area contributed by atoms with Crippen LogP contribution in [0.25, 0.3) is 0 Å². The van der Waals surface area contributed by atoms with Crippen molar-refractivity contribution in [3.8, 4) is 5.75 Å². The Labute approximate surface area is 205 Å². The van der Waals surface area contributed by atoms with Crippen LogP contribution in [0.5, 0.6) is 5.75 Å². The number of likely N-dealkylation sites (N-methyl/N-ethyl adjacent to an activating group) is 2. The minimum atomic E-state index is -0.639. The van der Waals surface area contributed by atoms with Gasteiger partial charge in [-0.1, -0.05) is 49.2 Å². The Balaban J connectivity index is 1.45. The second-order valence-corrected chi connectivity index (χ2v) is 9.02. The summed E-state index contributed by atoms with van der Waals surface area (Å²) in [5.74, 6) is 1.80. The number of carbonyl (C=O) groups is 2. The molecule has 9 heteroatoms. The van der Waals surface area contributed by atoms with E-state index in [1.165, 1.54) is 11.9 Å². The number of urea groups is 1. The lowest BCUT2D eigenvalue weighted by atomic mass is 10.1. The van der Waals surface area contributed by atoms with Crippen LogP contribution < -0.4 is 10.2 Å². The first-order valence-electron chi connectivity index (χ1n) is 11.7. The van der Waals surface area contributed by atoms with Crippen LogP contribution >= 0.6 is 0 Å². The molecule has 3 amide bonds. The third kappa shape index (κ3) is 5.40. The van der Waals surface area contributed by atoms with Crippen molar-refractivity contribution in [1.82, 2.24) is 15.2 Å². The second-order valence-electron chi connectivity index (χ2n) is 9.02. The van der Waals surface area contributed by atoms with Gasteiger partial charge in [-0.15, -0.1) is 5.10 Å².